The molecular formula is C13H11BrOS. The van der Waals surface area contributed by atoms with E-state index in [2.05, 4.69) is 15.9 Å². The van der Waals surface area contributed by atoms with Crippen LogP contribution in [0.2, 0.25) is 0 Å². The lowest BCUT2D eigenvalue weighted by atomic mass is 10.0. The first-order chi connectivity index (χ1) is 7.58. The number of thiophene rings is 1. The number of ketones is 1. The summed E-state index contributed by atoms with van der Waals surface area (Å²) in [5.74, 6) is 0.100. The van der Waals surface area contributed by atoms with Crippen molar-refractivity contribution in [2.75, 3.05) is 0 Å². The molecule has 0 fully saturated rings. The Morgan fingerprint density at radius 3 is 2.56 bits per heavy atom. The number of hydrogen-bond acceptors (Lipinski definition) is 2. The average Bonchev–Trinajstić information content (AvgIpc) is 2.57. The second kappa shape index (κ2) is 4.52. The first-order valence-electron chi connectivity index (χ1n) is 4.95. The standard InChI is InChI=1S/C13H11BrOS/c1-8-4-3-5-10(6-8)13(15)11-7-12(14)16-9(11)2/h3-7H,1-2H3. The molecule has 0 unspecified atom stereocenters. The minimum Gasteiger partial charge on any atom is -0.289 e. The second-order valence-corrected chi connectivity index (χ2v) is 6.35. The van der Waals surface area contributed by atoms with Crippen molar-refractivity contribution in [1.29, 1.82) is 0 Å². The van der Waals surface area contributed by atoms with Gasteiger partial charge in [0.25, 0.3) is 0 Å². The maximum absolute atomic E-state index is 12.2. The van der Waals surface area contributed by atoms with Gasteiger partial charge in [-0.2, -0.15) is 0 Å². The van der Waals surface area contributed by atoms with Crippen LogP contribution in [0.25, 0.3) is 0 Å². The van der Waals surface area contributed by atoms with Crippen molar-refractivity contribution >= 4 is 33.0 Å². The van der Waals surface area contributed by atoms with E-state index in [1.807, 2.05) is 44.2 Å². The summed E-state index contributed by atoms with van der Waals surface area (Å²) in [6.07, 6.45) is 0. The minimum absolute atomic E-state index is 0.100. The summed E-state index contributed by atoms with van der Waals surface area (Å²) in [5, 5.41) is 0. The SMILES string of the molecule is Cc1cccc(C(=O)c2cc(Br)sc2C)c1. The van der Waals surface area contributed by atoms with Crippen molar-refractivity contribution in [3.05, 3.63) is 55.7 Å². The van der Waals surface area contributed by atoms with Gasteiger partial charge in [-0.25, -0.2) is 0 Å². The highest BCUT2D eigenvalue weighted by Crippen LogP contribution is 2.28. The lowest BCUT2D eigenvalue weighted by molar-refractivity contribution is 0.103. The highest BCUT2D eigenvalue weighted by molar-refractivity contribution is 9.11. The van der Waals surface area contributed by atoms with Gasteiger partial charge in [0, 0.05) is 16.0 Å². The van der Waals surface area contributed by atoms with Crippen LogP contribution in [-0.2, 0) is 0 Å². The third-order valence-electron chi connectivity index (χ3n) is 2.41. The fourth-order valence-electron chi connectivity index (χ4n) is 1.61. The molecule has 82 valence electrons. The summed E-state index contributed by atoms with van der Waals surface area (Å²) in [6, 6.07) is 9.59. The molecule has 0 radical (unpaired) electrons. The van der Waals surface area contributed by atoms with Crippen LogP contribution in [0.3, 0.4) is 0 Å². The molecule has 1 nitrogen and oxygen atoms in total. The van der Waals surface area contributed by atoms with Gasteiger partial charge in [-0.1, -0.05) is 23.8 Å². The van der Waals surface area contributed by atoms with Gasteiger partial charge in [0.1, 0.15) is 0 Å². The van der Waals surface area contributed by atoms with Gasteiger partial charge in [0.15, 0.2) is 5.78 Å². The normalized spacial score (nSPS) is 10.4. The molecule has 1 aromatic heterocycles. The van der Waals surface area contributed by atoms with Crippen molar-refractivity contribution in [1.82, 2.24) is 0 Å². The quantitative estimate of drug-likeness (QED) is 0.752. The Morgan fingerprint density at radius 1 is 1.25 bits per heavy atom. The molecule has 0 aliphatic carbocycles. The highest BCUT2D eigenvalue weighted by atomic mass is 79.9. The smallest absolute Gasteiger partial charge is 0.194 e. The van der Waals surface area contributed by atoms with E-state index in [1.54, 1.807) is 11.3 Å². The van der Waals surface area contributed by atoms with E-state index < -0.39 is 0 Å². The molecule has 3 heteroatoms. The van der Waals surface area contributed by atoms with Crippen LogP contribution in [0.15, 0.2) is 34.1 Å². The molecule has 2 aromatic rings. The Labute approximate surface area is 107 Å². The van der Waals surface area contributed by atoms with Crippen molar-refractivity contribution < 1.29 is 4.79 Å². The topological polar surface area (TPSA) is 17.1 Å². The maximum atomic E-state index is 12.2. The van der Waals surface area contributed by atoms with Crippen LogP contribution in [-0.4, -0.2) is 5.78 Å². The number of hydrogen-bond donors (Lipinski definition) is 0. The number of carbonyl (C=O) groups is 1. The fourth-order valence-corrected chi connectivity index (χ4v) is 3.30. The van der Waals surface area contributed by atoms with Gasteiger partial charge >= 0.3 is 0 Å². The molecule has 0 amide bonds. The molecule has 0 atom stereocenters. The molecule has 0 spiro atoms. The van der Waals surface area contributed by atoms with E-state index in [0.717, 1.165) is 25.4 Å². The molecule has 0 aliphatic heterocycles. The summed E-state index contributed by atoms with van der Waals surface area (Å²) in [7, 11) is 0. The molecule has 16 heavy (non-hydrogen) atoms. The Hall–Kier alpha value is -0.930. The molecule has 0 saturated carbocycles. The van der Waals surface area contributed by atoms with Crippen LogP contribution in [0.4, 0.5) is 0 Å². The Morgan fingerprint density at radius 2 is 2.00 bits per heavy atom. The van der Waals surface area contributed by atoms with Crippen LogP contribution >= 0.6 is 27.3 Å². The van der Waals surface area contributed by atoms with Gasteiger partial charge in [-0.05, 0) is 41.9 Å². The first kappa shape index (κ1) is 11.6. The lowest BCUT2D eigenvalue weighted by Gasteiger charge is -2.01. The molecule has 0 saturated heterocycles. The molecule has 0 aliphatic rings. The van der Waals surface area contributed by atoms with Gasteiger partial charge < -0.3 is 0 Å². The molecule has 0 N–H and O–H groups in total. The third-order valence-corrected chi connectivity index (χ3v) is 3.97. The number of aryl methyl sites for hydroxylation is 2. The van der Waals surface area contributed by atoms with E-state index in [0.29, 0.717) is 0 Å². The molecule has 0 bridgehead atoms. The summed E-state index contributed by atoms with van der Waals surface area (Å²) in [4.78, 5) is 13.3. The van der Waals surface area contributed by atoms with Crippen LogP contribution < -0.4 is 0 Å². The van der Waals surface area contributed by atoms with Crippen molar-refractivity contribution in [2.45, 2.75) is 13.8 Å². The monoisotopic (exact) mass is 294 g/mol. The third kappa shape index (κ3) is 2.25. The zero-order valence-electron chi connectivity index (χ0n) is 9.08. The zero-order chi connectivity index (χ0) is 11.7. The van der Waals surface area contributed by atoms with Gasteiger partial charge in [0.2, 0.25) is 0 Å². The summed E-state index contributed by atoms with van der Waals surface area (Å²) >= 11 is 5.00. The Kier molecular flexibility index (Phi) is 3.26. The summed E-state index contributed by atoms with van der Waals surface area (Å²) in [5.41, 5.74) is 2.66. The van der Waals surface area contributed by atoms with Gasteiger partial charge in [-0.15, -0.1) is 11.3 Å². The molecule has 1 aromatic carbocycles. The summed E-state index contributed by atoms with van der Waals surface area (Å²) in [6.45, 7) is 3.96. The van der Waals surface area contributed by atoms with Crippen LogP contribution in [0.5, 0.6) is 0 Å². The van der Waals surface area contributed by atoms with E-state index in [9.17, 15) is 4.79 Å². The molecular weight excluding hydrogens is 284 g/mol. The Bertz CT molecular complexity index is 543. The number of rotatable bonds is 2. The van der Waals surface area contributed by atoms with Crippen molar-refractivity contribution in [3.8, 4) is 0 Å². The summed E-state index contributed by atoms with van der Waals surface area (Å²) < 4.78 is 1.00. The molecule has 2 rings (SSSR count). The second-order valence-electron chi connectivity index (χ2n) is 3.72. The largest absolute Gasteiger partial charge is 0.289 e. The van der Waals surface area contributed by atoms with E-state index in [1.165, 1.54) is 0 Å². The van der Waals surface area contributed by atoms with Crippen molar-refractivity contribution in [2.24, 2.45) is 0 Å². The van der Waals surface area contributed by atoms with Crippen LogP contribution in [0.1, 0.15) is 26.4 Å². The highest BCUT2D eigenvalue weighted by Gasteiger charge is 2.14. The average molecular weight is 295 g/mol. The van der Waals surface area contributed by atoms with Crippen LogP contribution in [0, 0.1) is 13.8 Å². The lowest BCUT2D eigenvalue weighted by Crippen LogP contribution is -2.01. The van der Waals surface area contributed by atoms with Gasteiger partial charge in [0.05, 0.1) is 3.79 Å². The number of halogens is 1. The molecule has 1 heterocycles. The Balaban J connectivity index is 2.43. The van der Waals surface area contributed by atoms with E-state index in [4.69, 9.17) is 0 Å². The minimum atomic E-state index is 0.100. The number of carbonyl (C=O) groups excluding carboxylic acids is 1. The predicted molar refractivity (Wildman–Crippen MR) is 71.4 cm³/mol. The maximum Gasteiger partial charge on any atom is 0.194 e. The predicted octanol–water partition coefficient (Wildman–Crippen LogP) is 4.36. The number of benzene rings is 1. The fraction of sp³-hybridized carbons (Fsp3) is 0.154. The van der Waals surface area contributed by atoms with Gasteiger partial charge in [-0.3, -0.25) is 4.79 Å². The first-order valence-corrected chi connectivity index (χ1v) is 6.56. The van der Waals surface area contributed by atoms with Crippen molar-refractivity contribution in [3.63, 3.8) is 0 Å². The van der Waals surface area contributed by atoms with E-state index >= 15 is 0 Å². The van der Waals surface area contributed by atoms with E-state index in [-0.39, 0.29) is 5.78 Å². The zero-order valence-corrected chi connectivity index (χ0v) is 11.5.